The molecule has 2 nitrogen and oxygen atoms in total. The molecule has 0 radical (unpaired) electrons. The van der Waals surface area contributed by atoms with Crippen molar-refractivity contribution in [1.82, 2.24) is 0 Å². The third kappa shape index (κ3) is 8.12. The highest BCUT2D eigenvalue weighted by Gasteiger charge is 2.38. The average molecular weight is 425 g/mol. The van der Waals surface area contributed by atoms with E-state index in [4.69, 9.17) is 0 Å². The number of hydrogen-bond acceptors (Lipinski definition) is 2. The lowest BCUT2D eigenvalue weighted by molar-refractivity contribution is -0.110. The van der Waals surface area contributed by atoms with Crippen molar-refractivity contribution in [1.29, 1.82) is 0 Å². The third-order valence-electron chi connectivity index (χ3n) is 6.88. The maximum Gasteiger partial charge on any atom is 0.139 e. The van der Waals surface area contributed by atoms with Gasteiger partial charge in [-0.25, -0.2) is 0 Å². The van der Waals surface area contributed by atoms with Crippen molar-refractivity contribution in [2.75, 3.05) is 0 Å². The van der Waals surface area contributed by atoms with E-state index in [1.165, 1.54) is 56.7 Å². The van der Waals surface area contributed by atoms with Gasteiger partial charge in [-0.15, -0.1) is 0 Å². The monoisotopic (exact) mass is 424 g/mol. The Morgan fingerprint density at radius 2 is 1.25 bits per heavy atom. The Kier molecular flexibility index (Phi) is 14.3. The molecule has 1 N–H and O–H groups in total. The molecule has 0 aliphatic rings. The van der Waals surface area contributed by atoms with Gasteiger partial charge in [0.2, 0.25) is 0 Å². The lowest BCUT2D eigenvalue weighted by atomic mass is 10.2. The third-order valence-corrected chi connectivity index (χ3v) is 17.2. The molecule has 0 saturated carbocycles. The molecule has 0 aliphatic carbocycles. The van der Waals surface area contributed by atoms with Gasteiger partial charge >= 0.3 is 0 Å². The van der Waals surface area contributed by atoms with Crippen LogP contribution in [0.2, 0.25) is 36.3 Å². The zero-order valence-electron chi connectivity index (χ0n) is 19.8. The summed E-state index contributed by atoms with van der Waals surface area (Å²) >= 11 is 0. The van der Waals surface area contributed by atoms with Gasteiger partial charge in [-0.1, -0.05) is 135 Å². The first-order chi connectivity index (χ1) is 13.3. The number of carbonyl (C=O) groups is 1. The number of carbonyl (C=O) groups excluding carboxylic acids is 1. The van der Waals surface area contributed by atoms with Crippen LogP contribution in [0, 0.1) is 0 Å². The van der Waals surface area contributed by atoms with Gasteiger partial charge in [-0.3, -0.25) is 0 Å². The lowest BCUT2D eigenvalue weighted by Crippen LogP contribution is -2.44. The van der Waals surface area contributed by atoms with Gasteiger partial charge in [0, 0.05) is 5.57 Å². The minimum atomic E-state index is -2.01. The molecule has 164 valence electrons. The molecule has 0 rings (SSSR count). The average Bonchev–Trinajstić information content (AvgIpc) is 2.73. The van der Waals surface area contributed by atoms with Gasteiger partial charge in [-0.05, 0) is 0 Å². The van der Waals surface area contributed by atoms with Gasteiger partial charge in [0.25, 0.3) is 0 Å². The molecule has 4 heteroatoms. The van der Waals surface area contributed by atoms with E-state index in [-0.39, 0.29) is 5.41 Å². The molecule has 0 fully saturated rings. The van der Waals surface area contributed by atoms with Crippen LogP contribution >= 0.6 is 0 Å². The van der Waals surface area contributed by atoms with Gasteiger partial charge in [0.15, 0.2) is 0 Å². The van der Waals surface area contributed by atoms with Crippen LogP contribution in [-0.2, 0) is 4.79 Å². The van der Waals surface area contributed by atoms with Crippen LogP contribution in [0.4, 0.5) is 0 Å². The van der Waals surface area contributed by atoms with Crippen LogP contribution in [0.5, 0.6) is 0 Å². The summed E-state index contributed by atoms with van der Waals surface area (Å²) in [5, 5.41) is 11.0. The van der Waals surface area contributed by atoms with Gasteiger partial charge < -0.3 is 9.90 Å². The molecule has 0 amide bonds. The van der Waals surface area contributed by atoms with E-state index in [2.05, 4.69) is 53.8 Å². The van der Waals surface area contributed by atoms with Crippen LogP contribution in [0.3, 0.4) is 0 Å². The lowest BCUT2D eigenvalue weighted by Gasteiger charge is -2.30. The molecular weight excluding hydrogens is 376 g/mol. The predicted molar refractivity (Wildman–Crippen MR) is 131 cm³/mol. The number of unbranched alkanes of at least 4 members (excludes halogenated alkanes) is 3. The SMILES string of the molecule is C=C(C(=O)[Si](CC)(CC)CC)C(O)C=C[Si](CCCC)(CCCC)CCCC. The van der Waals surface area contributed by atoms with Crippen molar-refractivity contribution in [2.45, 2.75) is 122 Å². The second-order valence-corrected chi connectivity index (χ2v) is 18.4. The van der Waals surface area contributed by atoms with Gasteiger partial charge in [-0.2, -0.15) is 0 Å². The molecule has 0 aliphatic heterocycles. The van der Waals surface area contributed by atoms with Crippen LogP contribution in [0.1, 0.15) is 80.1 Å². The molecule has 0 aromatic carbocycles. The minimum absolute atomic E-state index is 0.195. The highest BCUT2D eigenvalue weighted by atomic mass is 28.3. The Labute approximate surface area is 177 Å². The Bertz CT molecular complexity index is 451. The van der Waals surface area contributed by atoms with Crippen molar-refractivity contribution >= 4 is 21.6 Å². The van der Waals surface area contributed by atoms with Crippen LogP contribution in [0.25, 0.3) is 0 Å². The summed E-state index contributed by atoms with van der Waals surface area (Å²) in [5.74, 6) is 0. The topological polar surface area (TPSA) is 37.3 Å². The Hall–Kier alpha value is -0.456. The first-order valence-electron chi connectivity index (χ1n) is 11.9. The van der Waals surface area contributed by atoms with Gasteiger partial charge in [0.05, 0.1) is 14.2 Å². The second kappa shape index (κ2) is 14.5. The normalized spacial score (nSPS) is 13.8. The largest absolute Gasteiger partial charge is 0.384 e. The molecule has 0 heterocycles. The first-order valence-corrected chi connectivity index (χ1v) is 17.2. The summed E-state index contributed by atoms with van der Waals surface area (Å²) in [6.07, 6.45) is 8.66. The highest BCUT2D eigenvalue weighted by molar-refractivity contribution is 7.07. The zero-order valence-corrected chi connectivity index (χ0v) is 21.8. The minimum Gasteiger partial charge on any atom is -0.384 e. The number of hydrogen-bond donors (Lipinski definition) is 1. The second-order valence-electron chi connectivity index (χ2n) is 8.67. The number of rotatable bonds is 17. The fourth-order valence-electron chi connectivity index (χ4n) is 4.33. The summed E-state index contributed by atoms with van der Waals surface area (Å²) in [7, 11) is -3.56. The Morgan fingerprint density at radius 3 is 1.57 bits per heavy atom. The van der Waals surface area contributed by atoms with Crippen LogP contribution < -0.4 is 0 Å². The summed E-state index contributed by atoms with van der Waals surface area (Å²) in [5.41, 5.74) is 2.84. The fraction of sp³-hybridized carbons (Fsp3) is 0.792. The van der Waals surface area contributed by atoms with E-state index >= 15 is 0 Å². The standard InChI is InChI=1S/C24H48O2Si2/c1-8-14-18-27(19-15-9-2,20-16-10-3)21-17-23(25)22(7)24(26)28(11-4,12-5)13-6/h17,21,23,25H,7-16,18-20H2,1-6H3. The molecule has 0 aromatic rings. The highest BCUT2D eigenvalue weighted by Crippen LogP contribution is 2.31. The van der Waals surface area contributed by atoms with Crippen molar-refractivity contribution in [3.63, 3.8) is 0 Å². The van der Waals surface area contributed by atoms with Gasteiger partial charge in [0.1, 0.15) is 13.5 Å². The van der Waals surface area contributed by atoms with E-state index in [1.807, 2.05) is 6.08 Å². The number of aliphatic hydroxyl groups excluding tert-OH is 1. The van der Waals surface area contributed by atoms with Crippen molar-refractivity contribution in [3.8, 4) is 0 Å². The van der Waals surface area contributed by atoms with E-state index in [0.717, 1.165) is 18.1 Å². The summed E-state index contributed by atoms with van der Waals surface area (Å²) in [6, 6.07) is 6.75. The van der Waals surface area contributed by atoms with Crippen molar-refractivity contribution in [3.05, 3.63) is 23.9 Å². The van der Waals surface area contributed by atoms with Crippen LogP contribution in [0.15, 0.2) is 23.9 Å². The molecule has 0 saturated heterocycles. The molecule has 28 heavy (non-hydrogen) atoms. The number of aliphatic hydroxyl groups is 1. The van der Waals surface area contributed by atoms with Crippen LogP contribution in [-0.4, -0.2) is 32.8 Å². The Balaban J connectivity index is 5.52. The fourth-order valence-corrected chi connectivity index (χ4v) is 12.6. The molecule has 0 aromatic heterocycles. The van der Waals surface area contributed by atoms with E-state index in [9.17, 15) is 9.90 Å². The summed E-state index contributed by atoms with van der Waals surface area (Å²) < 4.78 is 0. The molecule has 0 spiro atoms. The first kappa shape index (κ1) is 27.5. The smallest absolute Gasteiger partial charge is 0.139 e. The molecule has 0 bridgehead atoms. The van der Waals surface area contributed by atoms with Crippen molar-refractivity contribution < 1.29 is 9.90 Å². The summed E-state index contributed by atoms with van der Waals surface area (Å²) in [4.78, 5) is 13.1. The molecule has 1 atom stereocenters. The maximum atomic E-state index is 13.1. The predicted octanol–water partition coefficient (Wildman–Crippen LogP) is 7.46. The molecular formula is C24H48O2Si2. The summed E-state index contributed by atoms with van der Waals surface area (Å²) in [6.45, 7) is 17.2. The van der Waals surface area contributed by atoms with Crippen molar-refractivity contribution in [2.24, 2.45) is 0 Å². The molecule has 1 unspecified atom stereocenters. The van der Waals surface area contributed by atoms with E-state index in [0.29, 0.717) is 5.57 Å². The zero-order chi connectivity index (χ0) is 21.6. The quantitative estimate of drug-likeness (QED) is 0.194. The van der Waals surface area contributed by atoms with E-state index in [1.54, 1.807) is 0 Å². The Morgan fingerprint density at radius 1 is 0.857 bits per heavy atom. The maximum absolute atomic E-state index is 13.1. The van der Waals surface area contributed by atoms with E-state index < -0.39 is 22.3 Å².